The maximum absolute atomic E-state index is 5.98. The van der Waals surface area contributed by atoms with Gasteiger partial charge in [-0.2, -0.15) is 0 Å². The van der Waals surface area contributed by atoms with Gasteiger partial charge in [0.2, 0.25) is 3.79 Å². The van der Waals surface area contributed by atoms with Gasteiger partial charge in [0, 0.05) is 11.4 Å². The van der Waals surface area contributed by atoms with Gasteiger partial charge in [-0.05, 0) is 25.0 Å². The molecule has 1 N–H and O–H groups in total. The number of anilines is 1. The van der Waals surface area contributed by atoms with Crippen LogP contribution in [0.25, 0.3) is 10.9 Å². The van der Waals surface area contributed by atoms with Gasteiger partial charge >= 0.3 is 0 Å². The predicted octanol–water partition coefficient (Wildman–Crippen LogP) is 5.59. The lowest BCUT2D eigenvalue weighted by atomic mass is 10.1. The second kappa shape index (κ2) is 6.77. The van der Waals surface area contributed by atoms with E-state index in [0.29, 0.717) is 6.04 Å². The quantitative estimate of drug-likeness (QED) is 0.561. The molecule has 0 amide bonds. The van der Waals surface area contributed by atoms with Gasteiger partial charge in [-0.25, -0.2) is 9.97 Å². The molecule has 22 heavy (non-hydrogen) atoms. The lowest BCUT2D eigenvalue weighted by Crippen LogP contribution is -2.20. The summed E-state index contributed by atoms with van der Waals surface area (Å²) in [6.07, 6.45) is 7.42. The molecule has 0 bridgehead atoms. The van der Waals surface area contributed by atoms with Crippen molar-refractivity contribution < 1.29 is 0 Å². The Morgan fingerprint density at radius 1 is 0.955 bits per heavy atom. The van der Waals surface area contributed by atoms with Crippen LogP contribution in [-0.2, 0) is 3.79 Å². The van der Waals surface area contributed by atoms with Crippen molar-refractivity contribution in [3.63, 3.8) is 0 Å². The van der Waals surface area contributed by atoms with Crippen molar-refractivity contribution in [2.24, 2.45) is 0 Å². The van der Waals surface area contributed by atoms with E-state index in [9.17, 15) is 0 Å². The molecule has 2 aromatic rings. The van der Waals surface area contributed by atoms with Crippen molar-refractivity contribution in [1.82, 2.24) is 9.97 Å². The van der Waals surface area contributed by atoms with Crippen molar-refractivity contribution in [3.8, 4) is 0 Å². The second-order valence-electron chi connectivity index (χ2n) is 5.74. The number of halogens is 3. The third-order valence-corrected chi connectivity index (χ3v) is 4.56. The zero-order chi connectivity index (χ0) is 15.6. The highest BCUT2D eigenvalue weighted by molar-refractivity contribution is 6.66. The number of benzene rings is 1. The molecule has 1 saturated carbocycles. The number of rotatable bonds is 2. The molecule has 1 aliphatic rings. The van der Waals surface area contributed by atoms with E-state index in [-0.39, 0.29) is 5.82 Å². The average molecular weight is 359 g/mol. The molecule has 1 heterocycles. The van der Waals surface area contributed by atoms with Crippen LogP contribution < -0.4 is 5.32 Å². The maximum Gasteiger partial charge on any atom is 0.250 e. The van der Waals surface area contributed by atoms with Gasteiger partial charge in [-0.3, -0.25) is 0 Å². The summed E-state index contributed by atoms with van der Waals surface area (Å²) in [6.45, 7) is 0. The van der Waals surface area contributed by atoms with Crippen LogP contribution in [0.4, 0.5) is 5.82 Å². The Morgan fingerprint density at radius 3 is 2.32 bits per heavy atom. The van der Waals surface area contributed by atoms with Crippen molar-refractivity contribution in [2.45, 2.75) is 48.4 Å². The first kappa shape index (κ1) is 16.1. The minimum Gasteiger partial charge on any atom is -0.367 e. The Balaban J connectivity index is 1.98. The SMILES string of the molecule is ClC(Cl)(Cl)c1nc(NC2CCCCCC2)c2ccccc2n1. The molecule has 1 fully saturated rings. The molecule has 1 aliphatic carbocycles. The monoisotopic (exact) mass is 357 g/mol. The summed E-state index contributed by atoms with van der Waals surface area (Å²) in [5.74, 6) is 0.978. The third-order valence-electron chi connectivity index (χ3n) is 4.05. The number of aromatic nitrogens is 2. The molecular formula is C16H18Cl3N3. The fourth-order valence-corrected chi connectivity index (χ4v) is 3.18. The molecule has 1 aromatic heterocycles. The Kier molecular flexibility index (Phi) is 4.96. The molecule has 0 spiro atoms. The number of nitrogens with zero attached hydrogens (tertiary/aromatic N) is 2. The smallest absolute Gasteiger partial charge is 0.250 e. The Labute approximate surface area is 145 Å². The zero-order valence-electron chi connectivity index (χ0n) is 12.2. The first-order valence-corrected chi connectivity index (χ1v) is 8.78. The summed E-state index contributed by atoms with van der Waals surface area (Å²) in [5, 5.41) is 4.51. The molecule has 0 saturated heterocycles. The van der Waals surface area contributed by atoms with Crippen LogP contribution in [0, 0.1) is 0 Å². The zero-order valence-corrected chi connectivity index (χ0v) is 14.4. The number of hydrogen-bond acceptors (Lipinski definition) is 3. The van der Waals surface area contributed by atoms with Gasteiger partial charge in [0.15, 0.2) is 5.82 Å². The van der Waals surface area contributed by atoms with E-state index in [2.05, 4.69) is 15.3 Å². The Hall–Kier alpha value is -0.770. The largest absolute Gasteiger partial charge is 0.367 e. The van der Waals surface area contributed by atoms with E-state index >= 15 is 0 Å². The summed E-state index contributed by atoms with van der Waals surface area (Å²) in [7, 11) is 0. The molecule has 0 unspecified atom stereocenters. The number of fused-ring (bicyclic) bond motifs is 1. The first-order chi connectivity index (χ1) is 10.5. The van der Waals surface area contributed by atoms with Crippen LogP contribution >= 0.6 is 34.8 Å². The van der Waals surface area contributed by atoms with Crippen LogP contribution in [0.1, 0.15) is 44.3 Å². The number of hydrogen-bond donors (Lipinski definition) is 1. The second-order valence-corrected chi connectivity index (χ2v) is 8.02. The predicted molar refractivity (Wildman–Crippen MR) is 93.9 cm³/mol. The maximum atomic E-state index is 5.98. The van der Waals surface area contributed by atoms with E-state index in [1.807, 2.05) is 24.3 Å². The van der Waals surface area contributed by atoms with Gasteiger partial charge in [-0.15, -0.1) is 0 Å². The summed E-state index contributed by atoms with van der Waals surface area (Å²) in [6, 6.07) is 8.22. The summed E-state index contributed by atoms with van der Waals surface area (Å²) in [4.78, 5) is 8.85. The highest BCUT2D eigenvalue weighted by Gasteiger charge is 2.28. The fourth-order valence-electron chi connectivity index (χ4n) is 2.93. The minimum atomic E-state index is -1.62. The number of nitrogens with one attached hydrogen (secondary N) is 1. The van der Waals surface area contributed by atoms with E-state index in [1.54, 1.807) is 0 Å². The average Bonchev–Trinajstić information content (AvgIpc) is 2.75. The third kappa shape index (κ3) is 3.76. The topological polar surface area (TPSA) is 37.8 Å². The van der Waals surface area contributed by atoms with Crippen molar-refractivity contribution in [3.05, 3.63) is 30.1 Å². The van der Waals surface area contributed by atoms with Crippen LogP contribution in [0.3, 0.4) is 0 Å². The van der Waals surface area contributed by atoms with E-state index in [0.717, 1.165) is 29.6 Å². The van der Waals surface area contributed by atoms with Crippen molar-refractivity contribution in [2.75, 3.05) is 5.32 Å². The van der Waals surface area contributed by atoms with E-state index in [1.165, 1.54) is 25.7 Å². The van der Waals surface area contributed by atoms with Crippen molar-refractivity contribution in [1.29, 1.82) is 0 Å². The normalized spacial score (nSPS) is 17.4. The lowest BCUT2D eigenvalue weighted by Gasteiger charge is -2.20. The van der Waals surface area contributed by atoms with Gasteiger partial charge in [0.25, 0.3) is 0 Å². The van der Waals surface area contributed by atoms with Crippen molar-refractivity contribution >= 4 is 51.5 Å². The molecule has 0 radical (unpaired) electrons. The highest BCUT2D eigenvalue weighted by Crippen LogP contribution is 2.38. The molecular weight excluding hydrogens is 341 g/mol. The molecule has 3 nitrogen and oxygen atoms in total. The number of para-hydroxylation sites is 1. The standard InChI is InChI=1S/C16H18Cl3N3/c17-16(18,19)15-21-13-10-6-5-9-12(13)14(22-15)20-11-7-3-1-2-4-8-11/h5-6,9-11H,1-4,7-8H2,(H,20,21,22). The molecule has 3 rings (SSSR count). The Morgan fingerprint density at radius 2 is 1.64 bits per heavy atom. The van der Waals surface area contributed by atoms with E-state index < -0.39 is 3.79 Å². The van der Waals surface area contributed by atoms with Gasteiger partial charge in [-0.1, -0.05) is 72.6 Å². The van der Waals surface area contributed by atoms with Gasteiger partial charge in [0.1, 0.15) is 5.82 Å². The lowest BCUT2D eigenvalue weighted by molar-refractivity contribution is 0.618. The minimum absolute atomic E-state index is 0.215. The van der Waals surface area contributed by atoms with Crippen LogP contribution in [0.15, 0.2) is 24.3 Å². The van der Waals surface area contributed by atoms with Gasteiger partial charge < -0.3 is 5.32 Å². The van der Waals surface area contributed by atoms with Gasteiger partial charge in [0.05, 0.1) is 5.52 Å². The molecule has 0 aliphatic heterocycles. The summed E-state index contributed by atoms with van der Waals surface area (Å²) >= 11 is 17.9. The molecule has 118 valence electrons. The van der Waals surface area contributed by atoms with Crippen LogP contribution in [0.5, 0.6) is 0 Å². The van der Waals surface area contributed by atoms with E-state index in [4.69, 9.17) is 34.8 Å². The summed E-state index contributed by atoms with van der Waals surface area (Å²) in [5.41, 5.74) is 0.787. The molecule has 1 aromatic carbocycles. The van der Waals surface area contributed by atoms with Crippen LogP contribution in [-0.4, -0.2) is 16.0 Å². The Bertz CT molecular complexity index is 647. The first-order valence-electron chi connectivity index (χ1n) is 7.64. The fraction of sp³-hybridized carbons (Fsp3) is 0.500. The molecule has 0 atom stereocenters. The number of alkyl halides is 3. The summed E-state index contributed by atoms with van der Waals surface area (Å²) < 4.78 is -1.62. The molecule has 6 heteroatoms. The highest BCUT2D eigenvalue weighted by atomic mass is 35.6. The van der Waals surface area contributed by atoms with Crippen LogP contribution in [0.2, 0.25) is 0 Å².